The SMILES string of the molecule is CCNC1CCC[C@H](CC2CCC[CH-]C2C)C1C.[CH2-]C.[Y]. The first-order chi connectivity index (χ1) is 9.72. The fourth-order valence-electron chi connectivity index (χ4n) is 4.27. The molecule has 4 unspecified atom stereocenters. The van der Waals surface area contributed by atoms with Crippen LogP contribution in [0.4, 0.5) is 0 Å². The van der Waals surface area contributed by atoms with Gasteiger partial charge in [0.15, 0.2) is 0 Å². The van der Waals surface area contributed by atoms with Gasteiger partial charge in [0, 0.05) is 38.8 Å². The van der Waals surface area contributed by atoms with E-state index < -0.39 is 0 Å². The number of rotatable bonds is 4. The van der Waals surface area contributed by atoms with E-state index in [1.807, 2.05) is 0 Å². The zero-order valence-corrected chi connectivity index (χ0v) is 17.7. The average Bonchev–Trinajstić information content (AvgIpc) is 2.48. The van der Waals surface area contributed by atoms with Crippen LogP contribution in [0, 0.1) is 37.0 Å². The van der Waals surface area contributed by atoms with Gasteiger partial charge in [0.2, 0.25) is 0 Å². The minimum absolute atomic E-state index is 0. The van der Waals surface area contributed by atoms with Gasteiger partial charge in [0.25, 0.3) is 0 Å². The Hall–Kier alpha value is 1.06. The number of nitrogens with one attached hydrogen (secondary N) is 1. The standard InChI is InChI=1S/C17H32N.C2H5.Y/c1-4-18-17-11-7-10-16(14(17)3)12-15-9-6-5-8-13(15)2;1-2;/h8,13-18H,4-7,9-12H2,1-3H3;1H2,2H3;/q2*-1;/t13?,14?,15?,16-,17?;;/m1../s1. The van der Waals surface area contributed by atoms with Gasteiger partial charge in [-0.3, -0.25) is 0 Å². The van der Waals surface area contributed by atoms with Crippen LogP contribution in [0.3, 0.4) is 0 Å². The molecule has 123 valence electrons. The van der Waals surface area contributed by atoms with Crippen molar-refractivity contribution in [2.75, 3.05) is 6.54 Å². The van der Waals surface area contributed by atoms with Crippen LogP contribution < -0.4 is 5.32 Å². The summed E-state index contributed by atoms with van der Waals surface area (Å²) in [7, 11) is 0. The smallest absolute Gasteiger partial charge is 0.00952 e. The molecule has 2 heteroatoms. The molecule has 0 aliphatic heterocycles. The van der Waals surface area contributed by atoms with E-state index in [1.165, 1.54) is 44.9 Å². The molecule has 21 heavy (non-hydrogen) atoms. The third kappa shape index (κ3) is 7.00. The van der Waals surface area contributed by atoms with Crippen molar-refractivity contribution in [3.8, 4) is 0 Å². The van der Waals surface area contributed by atoms with Crippen molar-refractivity contribution in [1.29, 1.82) is 0 Å². The van der Waals surface area contributed by atoms with Crippen LogP contribution in [0.5, 0.6) is 0 Å². The minimum Gasteiger partial charge on any atom is -0.346 e. The molecular formula is C19H37NY-2. The van der Waals surface area contributed by atoms with Gasteiger partial charge in [0.1, 0.15) is 0 Å². The van der Waals surface area contributed by atoms with Crippen LogP contribution in [0.15, 0.2) is 0 Å². The molecular weight excluding hydrogens is 331 g/mol. The molecule has 2 aliphatic carbocycles. The summed E-state index contributed by atoms with van der Waals surface area (Å²) in [5, 5.41) is 3.70. The zero-order valence-electron chi connectivity index (χ0n) is 14.9. The van der Waals surface area contributed by atoms with Crippen molar-refractivity contribution in [1.82, 2.24) is 5.32 Å². The van der Waals surface area contributed by atoms with E-state index in [-0.39, 0.29) is 32.7 Å². The van der Waals surface area contributed by atoms with Gasteiger partial charge in [-0.05, 0) is 31.2 Å². The first-order valence-electron chi connectivity index (χ1n) is 8.99. The van der Waals surface area contributed by atoms with Crippen LogP contribution in [-0.4, -0.2) is 12.6 Å². The average molecular weight is 368 g/mol. The maximum absolute atomic E-state index is 3.70. The normalized spacial score (nSPS) is 36.1. The first kappa shape index (κ1) is 22.1. The Morgan fingerprint density at radius 1 is 1.05 bits per heavy atom. The molecule has 2 fully saturated rings. The van der Waals surface area contributed by atoms with Gasteiger partial charge in [-0.15, -0.1) is 0 Å². The van der Waals surface area contributed by atoms with E-state index in [0.717, 1.165) is 36.3 Å². The molecule has 0 aromatic carbocycles. The maximum atomic E-state index is 3.70. The molecule has 2 rings (SSSR count). The van der Waals surface area contributed by atoms with E-state index >= 15 is 0 Å². The topological polar surface area (TPSA) is 12.0 Å². The van der Waals surface area contributed by atoms with Crippen LogP contribution in [0.2, 0.25) is 0 Å². The molecule has 0 spiro atoms. The summed E-state index contributed by atoms with van der Waals surface area (Å²) < 4.78 is 0. The van der Waals surface area contributed by atoms with Crippen LogP contribution in [0.25, 0.3) is 0 Å². The predicted molar refractivity (Wildman–Crippen MR) is 90.4 cm³/mol. The number of hydrogen-bond acceptors (Lipinski definition) is 1. The second kappa shape index (κ2) is 12.5. The Bertz CT molecular complexity index is 242. The molecule has 0 aromatic rings. The molecule has 0 aromatic heterocycles. The Labute approximate surface area is 159 Å². The molecule has 1 radical (unpaired) electrons. The fraction of sp³-hybridized carbons (Fsp3) is 0.895. The third-order valence-corrected chi connectivity index (χ3v) is 5.60. The molecule has 0 amide bonds. The molecule has 0 saturated heterocycles. The summed E-state index contributed by atoms with van der Waals surface area (Å²) >= 11 is 0. The molecule has 5 atom stereocenters. The molecule has 1 nitrogen and oxygen atoms in total. The van der Waals surface area contributed by atoms with Gasteiger partial charge >= 0.3 is 0 Å². The molecule has 2 saturated carbocycles. The van der Waals surface area contributed by atoms with Crippen molar-refractivity contribution >= 4 is 0 Å². The third-order valence-electron chi connectivity index (χ3n) is 5.60. The Morgan fingerprint density at radius 2 is 1.71 bits per heavy atom. The van der Waals surface area contributed by atoms with E-state index in [4.69, 9.17) is 0 Å². The van der Waals surface area contributed by atoms with E-state index in [1.54, 1.807) is 6.92 Å². The summed E-state index contributed by atoms with van der Waals surface area (Å²) in [6.07, 6.45) is 12.7. The van der Waals surface area contributed by atoms with E-state index in [0.29, 0.717) is 0 Å². The Morgan fingerprint density at radius 3 is 2.33 bits per heavy atom. The van der Waals surface area contributed by atoms with Gasteiger partial charge in [-0.1, -0.05) is 52.4 Å². The molecule has 2 aliphatic rings. The summed E-state index contributed by atoms with van der Waals surface area (Å²) in [4.78, 5) is 0. The molecule has 0 bridgehead atoms. The van der Waals surface area contributed by atoms with Crippen molar-refractivity contribution < 1.29 is 32.7 Å². The Balaban J connectivity index is 0.00000128. The monoisotopic (exact) mass is 368 g/mol. The summed E-state index contributed by atoms with van der Waals surface area (Å²) in [6, 6.07) is 0.789. The minimum atomic E-state index is 0. The predicted octanol–water partition coefficient (Wildman–Crippen LogP) is 5.27. The van der Waals surface area contributed by atoms with Gasteiger partial charge in [-0.25, -0.2) is 0 Å². The van der Waals surface area contributed by atoms with Crippen molar-refractivity contribution in [2.24, 2.45) is 23.7 Å². The second-order valence-electron chi connectivity index (χ2n) is 6.74. The number of hydrogen-bond donors (Lipinski definition) is 1. The Kier molecular flexibility index (Phi) is 13.1. The van der Waals surface area contributed by atoms with E-state index in [9.17, 15) is 0 Å². The van der Waals surface area contributed by atoms with Gasteiger partial charge < -0.3 is 18.7 Å². The quantitative estimate of drug-likeness (QED) is 0.667. The summed E-state index contributed by atoms with van der Waals surface area (Å²) in [6.45, 7) is 13.3. The van der Waals surface area contributed by atoms with Crippen LogP contribution in [-0.2, 0) is 32.7 Å². The van der Waals surface area contributed by atoms with Gasteiger partial charge in [-0.2, -0.15) is 19.3 Å². The van der Waals surface area contributed by atoms with Crippen molar-refractivity contribution in [3.63, 3.8) is 0 Å². The zero-order chi connectivity index (χ0) is 15.0. The van der Waals surface area contributed by atoms with Crippen molar-refractivity contribution in [2.45, 2.75) is 78.7 Å². The van der Waals surface area contributed by atoms with Crippen LogP contribution in [0.1, 0.15) is 72.6 Å². The second-order valence-corrected chi connectivity index (χ2v) is 6.74. The summed E-state index contributed by atoms with van der Waals surface area (Å²) in [5.74, 6) is 3.70. The van der Waals surface area contributed by atoms with E-state index in [2.05, 4.69) is 39.4 Å². The van der Waals surface area contributed by atoms with Gasteiger partial charge in [0.05, 0.1) is 0 Å². The first-order valence-corrected chi connectivity index (χ1v) is 8.99. The molecule has 0 heterocycles. The largest absolute Gasteiger partial charge is 0.346 e. The maximum Gasteiger partial charge on any atom is 0.00952 e. The molecule has 1 N–H and O–H groups in total. The fourth-order valence-corrected chi connectivity index (χ4v) is 4.27. The summed E-state index contributed by atoms with van der Waals surface area (Å²) in [5.41, 5.74) is 0. The van der Waals surface area contributed by atoms with Crippen LogP contribution >= 0.6 is 0 Å². The van der Waals surface area contributed by atoms with Crippen molar-refractivity contribution in [3.05, 3.63) is 13.3 Å².